The normalized spacial score (nSPS) is 15.4. The lowest BCUT2D eigenvalue weighted by Gasteiger charge is -2.11. The van der Waals surface area contributed by atoms with Crippen molar-refractivity contribution in [2.45, 2.75) is 45.8 Å². The number of hydrogen-bond donors (Lipinski definition) is 1. The Hall–Kier alpha value is -0.450. The molecule has 2 atom stereocenters. The van der Waals surface area contributed by atoms with E-state index in [0.29, 0.717) is 5.92 Å². The van der Waals surface area contributed by atoms with Crippen molar-refractivity contribution in [3.8, 4) is 0 Å². The van der Waals surface area contributed by atoms with Gasteiger partial charge in [-0.3, -0.25) is 0 Å². The minimum absolute atomic E-state index is 0.0721. The second-order valence-corrected chi connectivity index (χ2v) is 5.60. The number of methoxy groups -OCH3 is 1. The predicted molar refractivity (Wildman–Crippen MR) is 68.7 cm³/mol. The fourth-order valence-electron chi connectivity index (χ4n) is 1.55. The molecular formula is C12H22N2OS. The molecule has 0 aromatic carbocycles. The molecular weight excluding hydrogens is 220 g/mol. The van der Waals surface area contributed by atoms with Gasteiger partial charge in [0.15, 0.2) is 0 Å². The van der Waals surface area contributed by atoms with Crippen LogP contribution in [-0.2, 0) is 11.2 Å². The van der Waals surface area contributed by atoms with Gasteiger partial charge in [-0.2, -0.15) is 0 Å². The lowest BCUT2D eigenvalue weighted by atomic mass is 10.0. The molecule has 4 heteroatoms. The lowest BCUT2D eigenvalue weighted by Crippen LogP contribution is -2.14. The molecule has 1 heterocycles. The number of ether oxygens (including phenoxy) is 1. The third kappa shape index (κ3) is 4.20. The highest BCUT2D eigenvalue weighted by Gasteiger charge is 2.13. The van der Waals surface area contributed by atoms with Crippen molar-refractivity contribution in [3.63, 3.8) is 0 Å². The van der Waals surface area contributed by atoms with E-state index in [1.165, 1.54) is 0 Å². The number of thiazole rings is 1. The summed E-state index contributed by atoms with van der Waals surface area (Å²) in [4.78, 5) is 4.56. The molecule has 0 radical (unpaired) electrons. The van der Waals surface area contributed by atoms with Gasteiger partial charge >= 0.3 is 0 Å². The summed E-state index contributed by atoms with van der Waals surface area (Å²) in [5, 5.41) is 3.19. The zero-order chi connectivity index (χ0) is 12.1. The zero-order valence-electron chi connectivity index (χ0n) is 10.6. The van der Waals surface area contributed by atoms with E-state index in [9.17, 15) is 0 Å². The molecule has 2 unspecified atom stereocenters. The van der Waals surface area contributed by atoms with Crippen LogP contribution in [0.3, 0.4) is 0 Å². The Morgan fingerprint density at radius 2 is 2.12 bits per heavy atom. The van der Waals surface area contributed by atoms with Crippen LogP contribution in [0, 0.1) is 5.92 Å². The first kappa shape index (κ1) is 13.6. The average Bonchev–Trinajstić information content (AvgIpc) is 2.65. The Labute approximate surface area is 102 Å². The summed E-state index contributed by atoms with van der Waals surface area (Å²) in [6.45, 7) is 6.41. The van der Waals surface area contributed by atoms with Gasteiger partial charge in [0.25, 0.3) is 0 Å². The van der Waals surface area contributed by atoms with E-state index in [4.69, 9.17) is 10.5 Å². The summed E-state index contributed by atoms with van der Waals surface area (Å²) in [7, 11) is 1.73. The SMILES string of the molecule is COC(C)Cc1nc(C(N)CC(C)C)cs1. The van der Waals surface area contributed by atoms with E-state index >= 15 is 0 Å². The van der Waals surface area contributed by atoms with Crippen molar-refractivity contribution in [2.24, 2.45) is 11.7 Å². The molecule has 16 heavy (non-hydrogen) atoms. The molecule has 0 fully saturated rings. The third-order valence-electron chi connectivity index (χ3n) is 2.54. The third-order valence-corrected chi connectivity index (χ3v) is 3.43. The maximum Gasteiger partial charge on any atom is 0.0954 e. The van der Waals surface area contributed by atoms with Crippen LogP contribution in [0.15, 0.2) is 5.38 Å². The minimum atomic E-state index is 0.0721. The van der Waals surface area contributed by atoms with Gasteiger partial charge in [-0.1, -0.05) is 13.8 Å². The molecule has 0 bridgehead atoms. The number of aromatic nitrogens is 1. The minimum Gasteiger partial charge on any atom is -0.381 e. The highest BCUT2D eigenvalue weighted by atomic mass is 32.1. The monoisotopic (exact) mass is 242 g/mol. The lowest BCUT2D eigenvalue weighted by molar-refractivity contribution is 0.118. The predicted octanol–water partition coefficient (Wildman–Crippen LogP) is 2.77. The van der Waals surface area contributed by atoms with Crippen molar-refractivity contribution < 1.29 is 4.74 Å². The molecule has 0 aliphatic carbocycles. The largest absolute Gasteiger partial charge is 0.381 e. The van der Waals surface area contributed by atoms with E-state index < -0.39 is 0 Å². The van der Waals surface area contributed by atoms with Crippen LogP contribution < -0.4 is 5.73 Å². The highest BCUT2D eigenvalue weighted by Crippen LogP contribution is 2.21. The molecule has 1 aromatic heterocycles. The molecule has 0 aliphatic heterocycles. The molecule has 1 rings (SSSR count). The quantitative estimate of drug-likeness (QED) is 0.834. The fourth-order valence-corrected chi connectivity index (χ4v) is 2.52. The fraction of sp³-hybridized carbons (Fsp3) is 0.750. The van der Waals surface area contributed by atoms with Gasteiger partial charge in [0.1, 0.15) is 0 Å². The van der Waals surface area contributed by atoms with E-state index in [2.05, 4.69) is 31.1 Å². The standard InChI is InChI=1S/C12H22N2OS/c1-8(2)5-10(13)11-7-16-12(14-11)6-9(3)15-4/h7-10H,5-6,13H2,1-4H3. The van der Waals surface area contributed by atoms with Gasteiger partial charge in [0.05, 0.1) is 16.8 Å². The maximum atomic E-state index is 6.09. The second-order valence-electron chi connectivity index (χ2n) is 4.65. The van der Waals surface area contributed by atoms with Crippen molar-refractivity contribution in [3.05, 3.63) is 16.1 Å². The summed E-state index contributed by atoms with van der Waals surface area (Å²) in [6, 6.07) is 0.0721. The number of hydrogen-bond acceptors (Lipinski definition) is 4. The number of rotatable bonds is 6. The average molecular weight is 242 g/mol. The second kappa shape index (κ2) is 6.33. The number of nitrogens with two attached hydrogens (primary N) is 1. The molecule has 2 N–H and O–H groups in total. The van der Waals surface area contributed by atoms with Crippen LogP contribution in [0.1, 0.15) is 43.9 Å². The Balaban J connectivity index is 2.56. The molecule has 0 saturated heterocycles. The Kier molecular flexibility index (Phi) is 5.38. The summed E-state index contributed by atoms with van der Waals surface area (Å²) in [5.41, 5.74) is 7.11. The van der Waals surface area contributed by atoms with Crippen LogP contribution in [0.4, 0.5) is 0 Å². The first-order valence-electron chi connectivity index (χ1n) is 5.75. The smallest absolute Gasteiger partial charge is 0.0954 e. The Morgan fingerprint density at radius 1 is 1.44 bits per heavy atom. The highest BCUT2D eigenvalue weighted by molar-refractivity contribution is 7.09. The summed E-state index contributed by atoms with van der Waals surface area (Å²) in [5.74, 6) is 0.609. The Morgan fingerprint density at radius 3 is 2.69 bits per heavy atom. The molecule has 0 saturated carbocycles. The summed E-state index contributed by atoms with van der Waals surface area (Å²) >= 11 is 1.68. The van der Waals surface area contributed by atoms with Crippen LogP contribution in [-0.4, -0.2) is 18.2 Å². The molecule has 3 nitrogen and oxygen atoms in total. The van der Waals surface area contributed by atoms with Gasteiger partial charge in [-0.25, -0.2) is 4.98 Å². The molecule has 0 spiro atoms. The summed E-state index contributed by atoms with van der Waals surface area (Å²) in [6.07, 6.45) is 2.08. The zero-order valence-corrected chi connectivity index (χ0v) is 11.4. The molecule has 92 valence electrons. The van der Waals surface area contributed by atoms with Crippen molar-refractivity contribution in [1.29, 1.82) is 0 Å². The molecule has 0 amide bonds. The first-order valence-corrected chi connectivity index (χ1v) is 6.63. The van der Waals surface area contributed by atoms with Gasteiger partial charge < -0.3 is 10.5 Å². The van der Waals surface area contributed by atoms with Crippen molar-refractivity contribution >= 4 is 11.3 Å². The maximum absolute atomic E-state index is 6.09. The van der Waals surface area contributed by atoms with Crippen LogP contribution >= 0.6 is 11.3 Å². The first-order chi connectivity index (χ1) is 7.52. The molecule has 0 aliphatic rings. The van der Waals surface area contributed by atoms with Crippen molar-refractivity contribution in [1.82, 2.24) is 4.98 Å². The van der Waals surface area contributed by atoms with Gasteiger partial charge in [-0.05, 0) is 19.3 Å². The van der Waals surface area contributed by atoms with Crippen LogP contribution in [0.5, 0.6) is 0 Å². The van der Waals surface area contributed by atoms with Crippen molar-refractivity contribution in [2.75, 3.05) is 7.11 Å². The van der Waals surface area contributed by atoms with E-state index in [0.717, 1.165) is 23.5 Å². The van der Waals surface area contributed by atoms with E-state index in [1.54, 1.807) is 18.4 Å². The topological polar surface area (TPSA) is 48.1 Å². The summed E-state index contributed by atoms with van der Waals surface area (Å²) < 4.78 is 5.22. The van der Waals surface area contributed by atoms with Gasteiger partial charge in [-0.15, -0.1) is 11.3 Å². The van der Waals surface area contributed by atoms with Crippen LogP contribution in [0.2, 0.25) is 0 Å². The number of nitrogens with zero attached hydrogens (tertiary/aromatic N) is 1. The van der Waals surface area contributed by atoms with E-state index in [-0.39, 0.29) is 12.1 Å². The molecule has 1 aromatic rings. The van der Waals surface area contributed by atoms with Gasteiger partial charge in [0, 0.05) is 25.0 Å². The van der Waals surface area contributed by atoms with Crippen LogP contribution in [0.25, 0.3) is 0 Å². The van der Waals surface area contributed by atoms with Gasteiger partial charge in [0.2, 0.25) is 0 Å². The Bertz CT molecular complexity index is 312. The van der Waals surface area contributed by atoms with E-state index in [1.807, 2.05) is 0 Å².